The highest BCUT2D eigenvalue weighted by atomic mass is 19.4. The lowest BCUT2D eigenvalue weighted by molar-refractivity contribution is -0.137. The van der Waals surface area contributed by atoms with Gasteiger partial charge < -0.3 is 15.1 Å². The van der Waals surface area contributed by atoms with Crippen molar-refractivity contribution < 1.29 is 28.2 Å². The molecule has 2 rings (SSSR count). The van der Waals surface area contributed by atoms with Gasteiger partial charge in [0.25, 0.3) is 5.91 Å². The van der Waals surface area contributed by atoms with Crippen LogP contribution in [0.3, 0.4) is 0 Å². The maximum absolute atomic E-state index is 12.5. The van der Waals surface area contributed by atoms with Crippen molar-refractivity contribution >= 4 is 5.91 Å². The average Bonchev–Trinajstić information content (AvgIpc) is 2.33. The maximum atomic E-state index is 12.5. The lowest BCUT2D eigenvalue weighted by Crippen LogP contribution is -2.65. The molecular formula is C11H11F3N2O3. The summed E-state index contributed by atoms with van der Waals surface area (Å²) in [6.45, 7) is -0.757. The SMILES string of the molecule is O=C(c1cc(C(F)(F)F)ccn1)N1CC(O)(CO)C1. The van der Waals surface area contributed by atoms with Crippen molar-refractivity contribution in [1.82, 2.24) is 9.88 Å². The quantitative estimate of drug-likeness (QED) is 0.813. The monoisotopic (exact) mass is 276 g/mol. The van der Waals surface area contributed by atoms with Crippen LogP contribution in [0.25, 0.3) is 0 Å². The number of nitrogens with zero attached hydrogens (tertiary/aromatic N) is 2. The summed E-state index contributed by atoms with van der Waals surface area (Å²) in [5.74, 6) is -0.704. The minimum Gasteiger partial charge on any atom is -0.393 e. The predicted octanol–water partition coefficient (Wildman–Crippen LogP) is 0.280. The van der Waals surface area contributed by atoms with Gasteiger partial charge in [0.15, 0.2) is 0 Å². The van der Waals surface area contributed by atoms with Gasteiger partial charge in [0, 0.05) is 6.20 Å². The van der Waals surface area contributed by atoms with Crippen LogP contribution >= 0.6 is 0 Å². The standard InChI is InChI=1S/C11H11F3N2O3/c12-11(13,14)7-1-2-15-8(3-7)9(18)16-4-10(19,5-16)6-17/h1-3,17,19H,4-6H2. The van der Waals surface area contributed by atoms with Crippen molar-refractivity contribution in [3.05, 3.63) is 29.6 Å². The van der Waals surface area contributed by atoms with Gasteiger partial charge in [0.1, 0.15) is 11.3 Å². The van der Waals surface area contributed by atoms with Crippen LogP contribution in [0, 0.1) is 0 Å². The number of alkyl halides is 3. The van der Waals surface area contributed by atoms with Gasteiger partial charge in [-0.1, -0.05) is 0 Å². The molecule has 0 spiro atoms. The van der Waals surface area contributed by atoms with Crippen molar-refractivity contribution in [2.24, 2.45) is 0 Å². The van der Waals surface area contributed by atoms with E-state index in [1.807, 2.05) is 0 Å². The third kappa shape index (κ3) is 2.69. The normalized spacial score (nSPS) is 18.1. The van der Waals surface area contributed by atoms with E-state index >= 15 is 0 Å². The van der Waals surface area contributed by atoms with E-state index in [4.69, 9.17) is 5.11 Å². The summed E-state index contributed by atoms with van der Waals surface area (Å²) in [6, 6.07) is 1.44. The smallest absolute Gasteiger partial charge is 0.393 e. The second-order valence-electron chi connectivity index (χ2n) is 4.47. The van der Waals surface area contributed by atoms with Crippen LogP contribution in [0.15, 0.2) is 18.3 Å². The van der Waals surface area contributed by atoms with Crippen molar-refractivity contribution in [2.75, 3.05) is 19.7 Å². The zero-order chi connectivity index (χ0) is 14.3. The number of aliphatic hydroxyl groups is 2. The minimum absolute atomic E-state index is 0.125. The summed E-state index contributed by atoms with van der Waals surface area (Å²) in [5.41, 5.74) is -2.66. The molecule has 0 saturated carbocycles. The van der Waals surface area contributed by atoms with E-state index in [0.717, 1.165) is 17.2 Å². The Morgan fingerprint density at radius 3 is 2.63 bits per heavy atom. The van der Waals surface area contributed by atoms with Crippen molar-refractivity contribution in [2.45, 2.75) is 11.8 Å². The molecule has 1 amide bonds. The number of carbonyl (C=O) groups is 1. The molecule has 1 aliphatic heterocycles. The highest BCUT2D eigenvalue weighted by molar-refractivity contribution is 5.93. The second kappa shape index (κ2) is 4.46. The Morgan fingerprint density at radius 1 is 1.47 bits per heavy atom. The number of β-amino-alcohol motifs (C(OH)–C–C–N with tert-alkyl or cyclic N) is 1. The van der Waals surface area contributed by atoms with E-state index in [9.17, 15) is 23.1 Å². The first-order valence-corrected chi connectivity index (χ1v) is 5.41. The Bertz CT molecular complexity index is 498. The Kier molecular flexibility index (Phi) is 3.23. The highest BCUT2D eigenvalue weighted by Crippen LogP contribution is 2.30. The average molecular weight is 276 g/mol. The lowest BCUT2D eigenvalue weighted by atomic mass is 9.95. The van der Waals surface area contributed by atoms with Gasteiger partial charge in [-0.2, -0.15) is 13.2 Å². The van der Waals surface area contributed by atoms with Crippen molar-refractivity contribution in [3.8, 4) is 0 Å². The second-order valence-corrected chi connectivity index (χ2v) is 4.47. The van der Waals surface area contributed by atoms with E-state index < -0.39 is 29.9 Å². The van der Waals surface area contributed by atoms with Crippen LogP contribution in [0.4, 0.5) is 13.2 Å². The number of hydrogen-bond donors (Lipinski definition) is 2. The summed E-state index contributed by atoms with van der Waals surface area (Å²) in [7, 11) is 0. The number of hydrogen-bond acceptors (Lipinski definition) is 4. The lowest BCUT2D eigenvalue weighted by Gasteiger charge is -2.45. The molecule has 104 valence electrons. The highest BCUT2D eigenvalue weighted by Gasteiger charge is 2.44. The number of pyridine rings is 1. The fraction of sp³-hybridized carbons (Fsp3) is 0.455. The van der Waals surface area contributed by atoms with Crippen LogP contribution in [0.1, 0.15) is 16.1 Å². The molecule has 0 bridgehead atoms. The van der Waals surface area contributed by atoms with Gasteiger partial charge in [0.2, 0.25) is 0 Å². The number of carbonyl (C=O) groups excluding carboxylic acids is 1. The third-order valence-corrected chi connectivity index (χ3v) is 2.86. The molecule has 0 unspecified atom stereocenters. The number of likely N-dealkylation sites (tertiary alicyclic amines) is 1. The number of aromatic nitrogens is 1. The van der Waals surface area contributed by atoms with Crippen LogP contribution in [0.5, 0.6) is 0 Å². The van der Waals surface area contributed by atoms with Gasteiger partial charge in [-0.05, 0) is 12.1 Å². The topological polar surface area (TPSA) is 73.7 Å². The predicted molar refractivity (Wildman–Crippen MR) is 57.2 cm³/mol. The van der Waals surface area contributed by atoms with Gasteiger partial charge in [-0.15, -0.1) is 0 Å². The molecule has 8 heteroatoms. The first-order chi connectivity index (χ1) is 8.75. The Balaban J connectivity index is 2.13. The van der Waals surface area contributed by atoms with Crippen LogP contribution in [0.2, 0.25) is 0 Å². The molecule has 1 saturated heterocycles. The molecule has 0 aliphatic carbocycles. The summed E-state index contributed by atoms with van der Waals surface area (Å²) in [5, 5.41) is 18.3. The molecule has 2 heterocycles. The Morgan fingerprint density at radius 2 is 2.11 bits per heavy atom. The molecule has 0 aromatic carbocycles. The van der Waals surface area contributed by atoms with E-state index in [1.165, 1.54) is 0 Å². The summed E-state index contributed by atoms with van der Waals surface area (Å²) in [4.78, 5) is 16.5. The van der Waals surface area contributed by atoms with Gasteiger partial charge >= 0.3 is 6.18 Å². The van der Waals surface area contributed by atoms with E-state index in [1.54, 1.807) is 0 Å². The van der Waals surface area contributed by atoms with Crippen LogP contribution in [-0.2, 0) is 6.18 Å². The van der Waals surface area contributed by atoms with Gasteiger partial charge in [0.05, 0.1) is 25.3 Å². The summed E-state index contributed by atoms with van der Waals surface area (Å²) >= 11 is 0. The molecule has 0 radical (unpaired) electrons. The zero-order valence-electron chi connectivity index (χ0n) is 9.68. The first-order valence-electron chi connectivity index (χ1n) is 5.41. The minimum atomic E-state index is -4.54. The summed E-state index contributed by atoms with van der Waals surface area (Å²) < 4.78 is 37.4. The summed E-state index contributed by atoms with van der Waals surface area (Å²) in [6.07, 6.45) is -3.63. The molecule has 0 atom stereocenters. The van der Waals surface area contributed by atoms with Crippen LogP contribution in [-0.4, -0.2) is 51.3 Å². The molecular weight excluding hydrogens is 265 g/mol. The maximum Gasteiger partial charge on any atom is 0.416 e. The number of rotatable bonds is 2. The van der Waals surface area contributed by atoms with E-state index in [2.05, 4.69) is 4.98 Å². The van der Waals surface area contributed by atoms with E-state index in [-0.39, 0.29) is 18.8 Å². The molecule has 1 aromatic rings. The zero-order valence-corrected chi connectivity index (χ0v) is 9.68. The Hall–Kier alpha value is -1.67. The molecule has 1 aliphatic rings. The molecule has 2 N–H and O–H groups in total. The van der Waals surface area contributed by atoms with E-state index in [0.29, 0.717) is 6.07 Å². The Labute approximate surface area is 106 Å². The van der Waals surface area contributed by atoms with Crippen LogP contribution < -0.4 is 0 Å². The number of halogens is 3. The molecule has 19 heavy (non-hydrogen) atoms. The first kappa shape index (κ1) is 13.8. The molecule has 1 fully saturated rings. The third-order valence-electron chi connectivity index (χ3n) is 2.86. The van der Waals surface area contributed by atoms with Crippen molar-refractivity contribution in [3.63, 3.8) is 0 Å². The van der Waals surface area contributed by atoms with Gasteiger partial charge in [-0.3, -0.25) is 9.78 Å². The molecule has 5 nitrogen and oxygen atoms in total. The van der Waals surface area contributed by atoms with Crippen molar-refractivity contribution in [1.29, 1.82) is 0 Å². The van der Waals surface area contributed by atoms with Gasteiger partial charge in [-0.25, -0.2) is 0 Å². The number of aliphatic hydroxyl groups excluding tert-OH is 1. The largest absolute Gasteiger partial charge is 0.416 e. The fourth-order valence-electron chi connectivity index (χ4n) is 1.79. The number of amides is 1. The fourth-order valence-corrected chi connectivity index (χ4v) is 1.79. The molecule has 1 aromatic heterocycles.